The summed E-state index contributed by atoms with van der Waals surface area (Å²) in [5.41, 5.74) is 4.70. The van der Waals surface area contributed by atoms with Gasteiger partial charge >= 0.3 is 0 Å². The van der Waals surface area contributed by atoms with Gasteiger partial charge in [-0.15, -0.1) is 0 Å². The van der Waals surface area contributed by atoms with Crippen molar-refractivity contribution in [1.29, 1.82) is 0 Å². The number of aliphatic hydroxyl groups excluding tert-OH is 1. The second kappa shape index (κ2) is 4.95. The Morgan fingerprint density at radius 1 is 1.43 bits per heavy atom. The fraction of sp³-hybridized carbons (Fsp3) is 0.778. The minimum Gasteiger partial charge on any atom is -0.381 e. The Labute approximate surface area is 83.7 Å². The molecule has 0 saturated carbocycles. The van der Waals surface area contributed by atoms with Gasteiger partial charge in [-0.3, -0.25) is 9.59 Å². The molecule has 5 nitrogen and oxygen atoms in total. The molecule has 82 valence electrons. The van der Waals surface area contributed by atoms with Crippen LogP contribution in [0.2, 0.25) is 0 Å². The van der Waals surface area contributed by atoms with Crippen molar-refractivity contribution < 1.29 is 14.7 Å². The van der Waals surface area contributed by atoms with Gasteiger partial charge in [-0.05, 0) is 5.41 Å². The van der Waals surface area contributed by atoms with E-state index in [1.54, 1.807) is 0 Å². The maximum Gasteiger partial charge on any atom is 0.248 e. The van der Waals surface area contributed by atoms with Gasteiger partial charge in [0.05, 0.1) is 6.54 Å². The van der Waals surface area contributed by atoms with Crippen LogP contribution in [-0.4, -0.2) is 29.6 Å². The number of hydrogen-bond acceptors (Lipinski definition) is 3. The van der Waals surface area contributed by atoms with Gasteiger partial charge in [0.15, 0.2) is 0 Å². The lowest BCUT2D eigenvalue weighted by molar-refractivity contribution is -0.127. The first-order chi connectivity index (χ1) is 6.22. The van der Waals surface area contributed by atoms with E-state index in [2.05, 4.69) is 5.32 Å². The molecule has 0 aromatic heterocycles. The smallest absolute Gasteiger partial charge is 0.248 e. The number of nitrogens with one attached hydrogen (secondary N) is 1. The highest BCUT2D eigenvalue weighted by atomic mass is 16.3. The first-order valence-corrected chi connectivity index (χ1v) is 4.46. The molecule has 4 N–H and O–H groups in total. The Morgan fingerprint density at radius 2 is 1.93 bits per heavy atom. The van der Waals surface area contributed by atoms with Crippen molar-refractivity contribution in [1.82, 2.24) is 5.32 Å². The lowest BCUT2D eigenvalue weighted by atomic mass is 9.92. The van der Waals surface area contributed by atoms with Crippen LogP contribution in [0.3, 0.4) is 0 Å². The molecule has 2 amide bonds. The normalized spacial score (nSPS) is 13.4. The number of rotatable bonds is 4. The third kappa shape index (κ3) is 6.42. The van der Waals surface area contributed by atoms with Crippen molar-refractivity contribution in [3.63, 3.8) is 0 Å². The van der Waals surface area contributed by atoms with E-state index in [9.17, 15) is 9.59 Å². The van der Waals surface area contributed by atoms with E-state index in [4.69, 9.17) is 10.8 Å². The maximum atomic E-state index is 11.2. The van der Waals surface area contributed by atoms with Crippen molar-refractivity contribution in [3.05, 3.63) is 0 Å². The molecule has 1 atom stereocenters. The molecule has 0 aliphatic rings. The van der Waals surface area contributed by atoms with E-state index in [0.29, 0.717) is 6.42 Å². The standard InChI is InChI=1S/C9H18N2O3/c1-9(2,3)4-7(13)11-5-6(12)8(10)14/h6,12H,4-5H2,1-3H3,(H2,10,14)(H,11,13). The minimum absolute atomic E-state index is 0.109. The molecular formula is C9H18N2O3. The fourth-order valence-electron chi connectivity index (χ4n) is 0.855. The van der Waals surface area contributed by atoms with Crippen molar-refractivity contribution in [3.8, 4) is 0 Å². The first kappa shape index (κ1) is 12.9. The summed E-state index contributed by atoms with van der Waals surface area (Å²) >= 11 is 0. The molecule has 0 bridgehead atoms. The number of carbonyl (C=O) groups excluding carboxylic acids is 2. The van der Waals surface area contributed by atoms with Gasteiger partial charge in [0.25, 0.3) is 0 Å². The summed E-state index contributed by atoms with van der Waals surface area (Å²) in [6, 6.07) is 0. The first-order valence-electron chi connectivity index (χ1n) is 4.46. The van der Waals surface area contributed by atoms with E-state index in [1.165, 1.54) is 0 Å². The molecule has 0 aliphatic carbocycles. The number of hydrogen-bond donors (Lipinski definition) is 3. The highest BCUT2D eigenvalue weighted by Gasteiger charge is 2.17. The molecule has 0 rings (SSSR count). The van der Waals surface area contributed by atoms with Crippen LogP contribution >= 0.6 is 0 Å². The van der Waals surface area contributed by atoms with Gasteiger partial charge < -0.3 is 16.2 Å². The average molecular weight is 202 g/mol. The average Bonchev–Trinajstić information content (AvgIpc) is 1.96. The monoisotopic (exact) mass is 202 g/mol. The molecule has 0 radical (unpaired) electrons. The highest BCUT2D eigenvalue weighted by molar-refractivity contribution is 5.81. The zero-order valence-corrected chi connectivity index (χ0v) is 8.83. The molecule has 0 aromatic carbocycles. The predicted octanol–water partition coefficient (Wildman–Crippen LogP) is -0.615. The van der Waals surface area contributed by atoms with Crippen molar-refractivity contribution in [2.75, 3.05) is 6.54 Å². The molecule has 14 heavy (non-hydrogen) atoms. The maximum absolute atomic E-state index is 11.2. The predicted molar refractivity (Wildman–Crippen MR) is 52.3 cm³/mol. The van der Waals surface area contributed by atoms with Crippen LogP contribution in [0.1, 0.15) is 27.2 Å². The number of amides is 2. The third-order valence-corrected chi connectivity index (χ3v) is 1.51. The van der Waals surface area contributed by atoms with Crippen LogP contribution in [0.25, 0.3) is 0 Å². The van der Waals surface area contributed by atoms with E-state index in [-0.39, 0.29) is 17.9 Å². The zero-order valence-electron chi connectivity index (χ0n) is 8.83. The Morgan fingerprint density at radius 3 is 2.29 bits per heavy atom. The van der Waals surface area contributed by atoms with Gasteiger partial charge in [-0.2, -0.15) is 0 Å². The summed E-state index contributed by atoms with van der Waals surface area (Å²) in [6.07, 6.45) is -0.961. The molecule has 0 heterocycles. The van der Waals surface area contributed by atoms with Gasteiger partial charge in [0.1, 0.15) is 6.10 Å². The Balaban J connectivity index is 3.81. The van der Waals surface area contributed by atoms with Gasteiger partial charge in [-0.25, -0.2) is 0 Å². The van der Waals surface area contributed by atoms with Crippen LogP contribution in [0.15, 0.2) is 0 Å². The Bertz CT molecular complexity index is 221. The van der Waals surface area contributed by atoms with Crippen LogP contribution in [0.4, 0.5) is 0 Å². The lowest BCUT2D eigenvalue weighted by Gasteiger charge is -2.17. The second-order valence-corrected chi connectivity index (χ2v) is 4.46. The number of carbonyl (C=O) groups is 2. The second-order valence-electron chi connectivity index (χ2n) is 4.46. The summed E-state index contributed by atoms with van der Waals surface area (Å²) in [5.74, 6) is -1.03. The molecule has 0 spiro atoms. The minimum atomic E-state index is -1.31. The number of aliphatic hydroxyl groups is 1. The fourth-order valence-corrected chi connectivity index (χ4v) is 0.855. The van der Waals surface area contributed by atoms with Crippen LogP contribution in [0.5, 0.6) is 0 Å². The summed E-state index contributed by atoms with van der Waals surface area (Å²) in [4.78, 5) is 21.6. The van der Waals surface area contributed by atoms with E-state index in [0.717, 1.165) is 0 Å². The number of primary amides is 1. The summed E-state index contributed by atoms with van der Waals surface area (Å²) < 4.78 is 0. The van der Waals surface area contributed by atoms with Crippen molar-refractivity contribution >= 4 is 11.8 Å². The lowest BCUT2D eigenvalue weighted by Crippen LogP contribution is -2.40. The molecule has 0 saturated heterocycles. The largest absolute Gasteiger partial charge is 0.381 e. The van der Waals surface area contributed by atoms with Gasteiger partial charge in [-0.1, -0.05) is 20.8 Å². The van der Waals surface area contributed by atoms with Crippen LogP contribution in [0, 0.1) is 5.41 Å². The number of nitrogens with two attached hydrogens (primary N) is 1. The molecule has 0 fully saturated rings. The van der Waals surface area contributed by atoms with E-state index >= 15 is 0 Å². The molecule has 5 heteroatoms. The summed E-state index contributed by atoms with van der Waals surface area (Å²) in [6.45, 7) is 5.66. The topological polar surface area (TPSA) is 92.4 Å². The summed E-state index contributed by atoms with van der Waals surface area (Å²) in [7, 11) is 0. The third-order valence-electron chi connectivity index (χ3n) is 1.51. The van der Waals surface area contributed by atoms with Crippen LogP contribution < -0.4 is 11.1 Å². The molecule has 1 unspecified atom stereocenters. The van der Waals surface area contributed by atoms with Gasteiger partial charge in [0, 0.05) is 6.42 Å². The van der Waals surface area contributed by atoms with E-state index < -0.39 is 12.0 Å². The SMILES string of the molecule is CC(C)(C)CC(=O)NCC(O)C(N)=O. The summed E-state index contributed by atoms with van der Waals surface area (Å²) in [5, 5.41) is 11.4. The van der Waals surface area contributed by atoms with Crippen LogP contribution in [-0.2, 0) is 9.59 Å². The highest BCUT2D eigenvalue weighted by Crippen LogP contribution is 2.17. The molecular weight excluding hydrogens is 184 g/mol. The zero-order chi connectivity index (χ0) is 11.4. The Kier molecular flexibility index (Phi) is 4.56. The van der Waals surface area contributed by atoms with Crippen molar-refractivity contribution in [2.45, 2.75) is 33.3 Å². The Hall–Kier alpha value is -1.10. The quantitative estimate of drug-likeness (QED) is 0.567. The van der Waals surface area contributed by atoms with E-state index in [1.807, 2.05) is 20.8 Å². The van der Waals surface area contributed by atoms with Crippen molar-refractivity contribution in [2.24, 2.45) is 11.1 Å². The van der Waals surface area contributed by atoms with Gasteiger partial charge in [0.2, 0.25) is 11.8 Å². The molecule has 0 aliphatic heterocycles. The molecule has 0 aromatic rings.